The van der Waals surface area contributed by atoms with Gasteiger partial charge in [0.15, 0.2) is 5.13 Å². The monoisotopic (exact) mass is 413 g/mol. The molecule has 0 aliphatic carbocycles. The number of benzene rings is 1. The van der Waals surface area contributed by atoms with Crippen molar-refractivity contribution in [3.8, 4) is 17.0 Å². The molecule has 1 aromatic carbocycles. The van der Waals surface area contributed by atoms with Crippen molar-refractivity contribution < 1.29 is 22.7 Å². The SMILES string of the molecule is COc1ccc(-c2csc(NC(=O)c3ccc(C(F)(F)F)nc3)n2)cc1Cl. The molecule has 1 N–H and O–H groups in total. The lowest BCUT2D eigenvalue weighted by Gasteiger charge is -2.06. The Morgan fingerprint density at radius 3 is 2.63 bits per heavy atom. The normalized spacial score (nSPS) is 11.3. The predicted octanol–water partition coefficient (Wildman–Crippen LogP) is 5.14. The van der Waals surface area contributed by atoms with Gasteiger partial charge < -0.3 is 4.74 Å². The summed E-state index contributed by atoms with van der Waals surface area (Å²) in [6.45, 7) is 0. The van der Waals surface area contributed by atoms with E-state index in [0.29, 0.717) is 21.6 Å². The van der Waals surface area contributed by atoms with Crippen molar-refractivity contribution in [2.75, 3.05) is 12.4 Å². The van der Waals surface area contributed by atoms with Crippen molar-refractivity contribution in [1.82, 2.24) is 9.97 Å². The van der Waals surface area contributed by atoms with Crippen LogP contribution in [0, 0.1) is 0 Å². The number of alkyl halides is 3. The summed E-state index contributed by atoms with van der Waals surface area (Å²) < 4.78 is 42.6. The predicted molar refractivity (Wildman–Crippen MR) is 96.3 cm³/mol. The van der Waals surface area contributed by atoms with Crippen LogP contribution in [0.3, 0.4) is 0 Å². The van der Waals surface area contributed by atoms with Crippen molar-refractivity contribution in [2.24, 2.45) is 0 Å². The zero-order valence-electron chi connectivity index (χ0n) is 13.7. The molecule has 0 aliphatic heterocycles. The molecule has 0 fully saturated rings. The first kappa shape index (κ1) is 19.1. The van der Waals surface area contributed by atoms with Crippen LogP contribution < -0.4 is 10.1 Å². The number of nitrogens with zero attached hydrogens (tertiary/aromatic N) is 2. The second kappa shape index (κ2) is 7.53. The molecule has 3 aromatic rings. The van der Waals surface area contributed by atoms with E-state index in [4.69, 9.17) is 16.3 Å². The highest BCUT2D eigenvalue weighted by atomic mass is 35.5. The third-order valence-corrected chi connectivity index (χ3v) is 4.54. The molecular formula is C17H11ClF3N3O2S. The number of carbonyl (C=O) groups is 1. The molecule has 0 radical (unpaired) electrons. The number of pyridine rings is 1. The number of thiazole rings is 1. The largest absolute Gasteiger partial charge is 0.495 e. The maximum absolute atomic E-state index is 12.5. The fourth-order valence-electron chi connectivity index (χ4n) is 2.15. The first-order valence-electron chi connectivity index (χ1n) is 7.42. The highest BCUT2D eigenvalue weighted by molar-refractivity contribution is 7.14. The smallest absolute Gasteiger partial charge is 0.433 e. The van der Waals surface area contributed by atoms with Gasteiger partial charge >= 0.3 is 6.18 Å². The van der Waals surface area contributed by atoms with Crippen LogP contribution in [0.2, 0.25) is 5.02 Å². The molecule has 2 heterocycles. The van der Waals surface area contributed by atoms with Gasteiger partial charge in [0.05, 0.1) is 23.4 Å². The van der Waals surface area contributed by atoms with E-state index in [2.05, 4.69) is 15.3 Å². The van der Waals surface area contributed by atoms with Crippen molar-refractivity contribution in [2.45, 2.75) is 6.18 Å². The van der Waals surface area contributed by atoms with Gasteiger partial charge in [-0.15, -0.1) is 11.3 Å². The lowest BCUT2D eigenvalue weighted by atomic mass is 10.2. The molecule has 0 atom stereocenters. The van der Waals surface area contributed by atoms with Crippen LogP contribution in [-0.2, 0) is 6.18 Å². The molecule has 1 amide bonds. The van der Waals surface area contributed by atoms with E-state index >= 15 is 0 Å². The average molecular weight is 414 g/mol. The summed E-state index contributed by atoms with van der Waals surface area (Å²) in [7, 11) is 1.51. The number of hydrogen-bond acceptors (Lipinski definition) is 5. The number of amides is 1. The Morgan fingerprint density at radius 2 is 2.04 bits per heavy atom. The second-order valence-electron chi connectivity index (χ2n) is 5.27. The maximum atomic E-state index is 12.5. The summed E-state index contributed by atoms with van der Waals surface area (Å²) in [5.74, 6) is -0.0798. The minimum absolute atomic E-state index is 0.00718. The highest BCUT2D eigenvalue weighted by Gasteiger charge is 2.32. The summed E-state index contributed by atoms with van der Waals surface area (Å²) in [4.78, 5) is 19.7. The molecule has 27 heavy (non-hydrogen) atoms. The fraction of sp³-hybridized carbons (Fsp3) is 0.118. The standard InChI is InChI=1S/C17H11ClF3N3O2S/c1-26-13-4-2-9(6-11(13)18)12-8-27-16(23-12)24-15(25)10-3-5-14(22-7-10)17(19,20)21/h2-8H,1H3,(H,23,24,25). The van der Waals surface area contributed by atoms with E-state index < -0.39 is 17.8 Å². The van der Waals surface area contributed by atoms with Gasteiger partial charge in [0.25, 0.3) is 5.91 Å². The van der Waals surface area contributed by atoms with Crippen LogP contribution in [0.25, 0.3) is 11.3 Å². The number of hydrogen-bond donors (Lipinski definition) is 1. The summed E-state index contributed by atoms with van der Waals surface area (Å²) in [5, 5.41) is 4.97. The highest BCUT2D eigenvalue weighted by Crippen LogP contribution is 2.32. The van der Waals surface area contributed by atoms with Crippen molar-refractivity contribution in [1.29, 1.82) is 0 Å². The molecule has 0 spiro atoms. The third-order valence-electron chi connectivity index (χ3n) is 3.49. The number of rotatable bonds is 4. The summed E-state index contributed by atoms with van der Waals surface area (Å²) >= 11 is 7.26. The Morgan fingerprint density at radius 1 is 1.26 bits per heavy atom. The first-order valence-corrected chi connectivity index (χ1v) is 8.67. The average Bonchev–Trinajstić information content (AvgIpc) is 3.09. The maximum Gasteiger partial charge on any atom is 0.433 e. The molecular weight excluding hydrogens is 403 g/mol. The van der Waals surface area contributed by atoms with Crippen LogP contribution in [0.15, 0.2) is 41.9 Å². The number of ether oxygens (including phenoxy) is 1. The molecule has 0 saturated carbocycles. The van der Waals surface area contributed by atoms with Crippen LogP contribution in [0.5, 0.6) is 5.75 Å². The number of nitrogens with one attached hydrogen (secondary N) is 1. The Labute approximate surface area is 160 Å². The lowest BCUT2D eigenvalue weighted by Crippen LogP contribution is -2.14. The first-order chi connectivity index (χ1) is 12.8. The number of halogens is 4. The van der Waals surface area contributed by atoms with Gasteiger partial charge in [-0.1, -0.05) is 11.6 Å². The third kappa shape index (κ3) is 4.37. The molecule has 3 rings (SSSR count). The van der Waals surface area contributed by atoms with Gasteiger partial charge in [-0.05, 0) is 30.3 Å². The number of methoxy groups -OCH3 is 1. The van der Waals surface area contributed by atoms with E-state index in [0.717, 1.165) is 23.9 Å². The number of aromatic nitrogens is 2. The Kier molecular flexibility index (Phi) is 5.33. The quantitative estimate of drug-likeness (QED) is 0.643. The Balaban J connectivity index is 1.73. The van der Waals surface area contributed by atoms with Gasteiger partial charge in [-0.25, -0.2) is 4.98 Å². The second-order valence-corrected chi connectivity index (χ2v) is 6.54. The van der Waals surface area contributed by atoms with Gasteiger partial charge in [0.2, 0.25) is 0 Å². The van der Waals surface area contributed by atoms with E-state index in [1.165, 1.54) is 18.4 Å². The van der Waals surface area contributed by atoms with E-state index in [1.807, 2.05) is 0 Å². The summed E-state index contributed by atoms with van der Waals surface area (Å²) in [6.07, 6.45) is -3.69. The Hall–Kier alpha value is -2.65. The van der Waals surface area contributed by atoms with Crippen LogP contribution in [0.1, 0.15) is 16.1 Å². The van der Waals surface area contributed by atoms with Gasteiger partial charge in [0, 0.05) is 17.1 Å². The minimum Gasteiger partial charge on any atom is -0.495 e. The van der Waals surface area contributed by atoms with E-state index in [-0.39, 0.29) is 5.56 Å². The van der Waals surface area contributed by atoms with Crippen LogP contribution >= 0.6 is 22.9 Å². The van der Waals surface area contributed by atoms with Crippen LogP contribution in [-0.4, -0.2) is 23.0 Å². The Bertz CT molecular complexity index is 974. The van der Waals surface area contributed by atoms with Gasteiger partial charge in [-0.3, -0.25) is 15.1 Å². The minimum atomic E-state index is -4.56. The molecule has 10 heteroatoms. The fourth-order valence-corrected chi connectivity index (χ4v) is 3.13. The zero-order valence-corrected chi connectivity index (χ0v) is 15.2. The lowest BCUT2D eigenvalue weighted by molar-refractivity contribution is -0.141. The number of anilines is 1. The molecule has 0 saturated heterocycles. The van der Waals surface area contributed by atoms with Gasteiger partial charge in [-0.2, -0.15) is 13.2 Å². The topological polar surface area (TPSA) is 64.1 Å². The van der Waals surface area contributed by atoms with Crippen molar-refractivity contribution in [3.63, 3.8) is 0 Å². The molecule has 140 valence electrons. The van der Waals surface area contributed by atoms with E-state index in [1.54, 1.807) is 23.6 Å². The molecule has 2 aromatic heterocycles. The molecule has 5 nitrogen and oxygen atoms in total. The van der Waals surface area contributed by atoms with Crippen molar-refractivity contribution >= 4 is 34.0 Å². The summed E-state index contributed by atoms with van der Waals surface area (Å²) in [5.41, 5.74) is 0.248. The van der Waals surface area contributed by atoms with Gasteiger partial charge in [0.1, 0.15) is 11.4 Å². The molecule has 0 unspecified atom stereocenters. The zero-order chi connectivity index (χ0) is 19.6. The summed E-state index contributed by atoms with van der Waals surface area (Å²) in [6, 6.07) is 6.96. The molecule has 0 aliphatic rings. The van der Waals surface area contributed by atoms with Crippen LogP contribution in [0.4, 0.5) is 18.3 Å². The number of carbonyl (C=O) groups excluding carboxylic acids is 1. The van der Waals surface area contributed by atoms with E-state index in [9.17, 15) is 18.0 Å². The van der Waals surface area contributed by atoms with Crippen molar-refractivity contribution in [3.05, 3.63) is 58.2 Å². The molecule has 0 bridgehead atoms.